The van der Waals surface area contributed by atoms with Gasteiger partial charge in [0.1, 0.15) is 17.4 Å². The van der Waals surface area contributed by atoms with Crippen LogP contribution in [0.3, 0.4) is 0 Å². The summed E-state index contributed by atoms with van der Waals surface area (Å²) in [7, 11) is 0. The van der Waals surface area contributed by atoms with Gasteiger partial charge in [0.15, 0.2) is 5.76 Å². The van der Waals surface area contributed by atoms with Gasteiger partial charge in [0, 0.05) is 17.5 Å². The highest BCUT2D eigenvalue weighted by Crippen LogP contribution is 2.25. The monoisotopic (exact) mass is 306 g/mol. The lowest BCUT2D eigenvalue weighted by molar-refractivity contribution is -0.122. The fraction of sp³-hybridized carbons (Fsp3) is 0.375. The topological polar surface area (TPSA) is 71.3 Å². The van der Waals surface area contributed by atoms with Crippen LogP contribution in [0.2, 0.25) is 0 Å². The summed E-state index contributed by atoms with van der Waals surface area (Å²) >= 11 is 0. The molecule has 1 atom stereocenters. The molecule has 0 saturated heterocycles. The molecule has 6 heteroatoms. The summed E-state index contributed by atoms with van der Waals surface area (Å²) in [5, 5.41) is 5.84. The van der Waals surface area contributed by atoms with Gasteiger partial charge in [-0.05, 0) is 38.5 Å². The van der Waals surface area contributed by atoms with Crippen LogP contribution in [0.5, 0.6) is 0 Å². The zero-order valence-electron chi connectivity index (χ0n) is 12.8. The van der Waals surface area contributed by atoms with E-state index in [1.54, 1.807) is 13.8 Å². The number of rotatable bonds is 5. The fourth-order valence-electron chi connectivity index (χ4n) is 2.14. The average molecular weight is 306 g/mol. The van der Waals surface area contributed by atoms with Gasteiger partial charge in [-0.25, -0.2) is 4.39 Å². The van der Waals surface area contributed by atoms with Crippen molar-refractivity contribution in [3.05, 3.63) is 35.3 Å². The Morgan fingerprint density at radius 1 is 1.36 bits per heavy atom. The number of amides is 2. The molecule has 0 aliphatic carbocycles. The molecule has 0 aliphatic rings. The van der Waals surface area contributed by atoms with E-state index in [1.807, 2.05) is 6.92 Å². The molecule has 5 nitrogen and oxygen atoms in total. The predicted octanol–water partition coefficient (Wildman–Crippen LogP) is 2.52. The summed E-state index contributed by atoms with van der Waals surface area (Å²) in [4.78, 5) is 24.0. The molecule has 2 aromatic rings. The largest absolute Gasteiger partial charge is 0.451 e. The van der Waals surface area contributed by atoms with Gasteiger partial charge >= 0.3 is 0 Å². The third kappa shape index (κ3) is 3.27. The maximum atomic E-state index is 13.3. The molecule has 22 heavy (non-hydrogen) atoms. The van der Waals surface area contributed by atoms with Gasteiger partial charge in [0.2, 0.25) is 5.91 Å². The summed E-state index contributed by atoms with van der Waals surface area (Å²) in [6, 6.07) is 3.39. The highest BCUT2D eigenvalue weighted by molar-refractivity contribution is 6.00. The van der Waals surface area contributed by atoms with E-state index in [0.29, 0.717) is 23.1 Å². The summed E-state index contributed by atoms with van der Waals surface area (Å²) in [6.07, 6.45) is 0.820. The first-order valence-corrected chi connectivity index (χ1v) is 7.21. The third-order valence-corrected chi connectivity index (χ3v) is 3.39. The van der Waals surface area contributed by atoms with Gasteiger partial charge in [0.25, 0.3) is 5.91 Å². The lowest BCUT2D eigenvalue weighted by atomic mass is 10.1. The minimum Gasteiger partial charge on any atom is -0.451 e. The Hall–Kier alpha value is -2.37. The van der Waals surface area contributed by atoms with E-state index in [1.165, 1.54) is 18.2 Å². The Bertz CT molecular complexity index is 709. The van der Waals surface area contributed by atoms with E-state index in [0.717, 1.165) is 6.42 Å². The highest BCUT2D eigenvalue weighted by atomic mass is 19.1. The Morgan fingerprint density at radius 3 is 2.77 bits per heavy atom. The first-order valence-electron chi connectivity index (χ1n) is 7.21. The minimum absolute atomic E-state index is 0.0933. The standard InChI is InChI=1S/C16H19FN2O3/c1-4-7-18-15(20)10(3)19-16(21)14-9(2)12-8-11(17)5-6-13(12)22-14/h5-6,8,10H,4,7H2,1-3H3,(H,18,20)(H,19,21)/t10-/m0/s1. The number of carbonyl (C=O) groups is 2. The van der Waals surface area contributed by atoms with Crippen molar-refractivity contribution in [3.8, 4) is 0 Å². The second-order valence-corrected chi connectivity index (χ2v) is 5.18. The Kier molecular flexibility index (Phi) is 4.80. The highest BCUT2D eigenvalue weighted by Gasteiger charge is 2.22. The van der Waals surface area contributed by atoms with Crippen molar-refractivity contribution in [2.45, 2.75) is 33.2 Å². The van der Waals surface area contributed by atoms with Crippen molar-refractivity contribution < 1.29 is 18.4 Å². The number of hydrogen-bond donors (Lipinski definition) is 2. The number of halogens is 1. The first-order chi connectivity index (χ1) is 10.4. The van der Waals surface area contributed by atoms with Gasteiger partial charge < -0.3 is 15.1 Å². The SMILES string of the molecule is CCCNC(=O)[C@H](C)NC(=O)c1oc2ccc(F)cc2c1C. The zero-order valence-corrected chi connectivity index (χ0v) is 12.8. The second-order valence-electron chi connectivity index (χ2n) is 5.18. The van der Waals surface area contributed by atoms with E-state index in [9.17, 15) is 14.0 Å². The van der Waals surface area contributed by atoms with Crippen molar-refractivity contribution in [2.24, 2.45) is 0 Å². The lowest BCUT2D eigenvalue weighted by Gasteiger charge is -2.13. The van der Waals surface area contributed by atoms with Crippen molar-refractivity contribution >= 4 is 22.8 Å². The van der Waals surface area contributed by atoms with Gasteiger partial charge in [-0.3, -0.25) is 9.59 Å². The smallest absolute Gasteiger partial charge is 0.287 e. The molecular weight excluding hydrogens is 287 g/mol. The Morgan fingerprint density at radius 2 is 2.09 bits per heavy atom. The molecule has 1 aromatic carbocycles. The molecule has 2 amide bonds. The molecular formula is C16H19FN2O3. The van der Waals surface area contributed by atoms with E-state index in [-0.39, 0.29) is 11.7 Å². The Balaban J connectivity index is 2.16. The minimum atomic E-state index is -0.677. The molecule has 0 aliphatic heterocycles. The average Bonchev–Trinajstić information content (AvgIpc) is 2.81. The maximum Gasteiger partial charge on any atom is 0.287 e. The van der Waals surface area contributed by atoms with Crippen molar-refractivity contribution in [1.29, 1.82) is 0 Å². The van der Waals surface area contributed by atoms with Gasteiger partial charge in [-0.15, -0.1) is 0 Å². The van der Waals surface area contributed by atoms with E-state index >= 15 is 0 Å². The number of furan rings is 1. The summed E-state index contributed by atoms with van der Waals surface area (Å²) in [6.45, 7) is 5.78. The quantitative estimate of drug-likeness (QED) is 0.891. The second kappa shape index (κ2) is 6.60. The number of carbonyl (C=O) groups excluding carboxylic acids is 2. The molecule has 0 bridgehead atoms. The molecule has 0 fully saturated rings. The van der Waals surface area contributed by atoms with E-state index in [4.69, 9.17) is 4.42 Å². The molecule has 0 radical (unpaired) electrons. The zero-order chi connectivity index (χ0) is 16.3. The normalized spacial score (nSPS) is 12.2. The van der Waals surface area contributed by atoms with Crippen LogP contribution in [-0.2, 0) is 4.79 Å². The van der Waals surface area contributed by atoms with Crippen LogP contribution in [0, 0.1) is 12.7 Å². The van der Waals surface area contributed by atoms with Crippen molar-refractivity contribution in [1.82, 2.24) is 10.6 Å². The van der Waals surface area contributed by atoms with E-state index < -0.39 is 17.8 Å². The first kappa shape index (κ1) is 16.0. The van der Waals surface area contributed by atoms with E-state index in [2.05, 4.69) is 10.6 Å². The lowest BCUT2D eigenvalue weighted by Crippen LogP contribution is -2.45. The third-order valence-electron chi connectivity index (χ3n) is 3.39. The maximum absolute atomic E-state index is 13.3. The van der Waals surface area contributed by atoms with Crippen LogP contribution in [0.15, 0.2) is 22.6 Å². The number of hydrogen-bond acceptors (Lipinski definition) is 3. The summed E-state index contributed by atoms with van der Waals surface area (Å²) < 4.78 is 18.7. The van der Waals surface area contributed by atoms with Gasteiger partial charge in [-0.2, -0.15) is 0 Å². The van der Waals surface area contributed by atoms with Crippen LogP contribution in [0.4, 0.5) is 4.39 Å². The molecule has 1 heterocycles. The predicted molar refractivity (Wildman–Crippen MR) is 81.1 cm³/mol. The molecule has 0 unspecified atom stereocenters. The van der Waals surface area contributed by atoms with Crippen molar-refractivity contribution in [3.63, 3.8) is 0 Å². The molecule has 118 valence electrons. The van der Waals surface area contributed by atoms with Crippen LogP contribution in [-0.4, -0.2) is 24.4 Å². The number of nitrogens with one attached hydrogen (secondary N) is 2. The van der Waals surface area contributed by atoms with Crippen LogP contribution in [0.25, 0.3) is 11.0 Å². The van der Waals surface area contributed by atoms with Crippen LogP contribution in [0.1, 0.15) is 36.4 Å². The summed E-state index contributed by atoms with van der Waals surface area (Å²) in [5.41, 5.74) is 0.986. The molecule has 2 rings (SSSR count). The number of aryl methyl sites for hydroxylation is 1. The van der Waals surface area contributed by atoms with Gasteiger partial charge in [0.05, 0.1) is 0 Å². The number of benzene rings is 1. The molecule has 1 aromatic heterocycles. The van der Waals surface area contributed by atoms with Gasteiger partial charge in [-0.1, -0.05) is 6.92 Å². The summed E-state index contributed by atoms with van der Waals surface area (Å²) in [5.74, 6) is -1.05. The molecule has 0 spiro atoms. The molecule has 0 saturated carbocycles. The van der Waals surface area contributed by atoms with Crippen LogP contribution >= 0.6 is 0 Å². The van der Waals surface area contributed by atoms with Crippen LogP contribution < -0.4 is 10.6 Å². The molecule has 2 N–H and O–H groups in total. The fourth-order valence-corrected chi connectivity index (χ4v) is 2.14. The van der Waals surface area contributed by atoms with Crippen molar-refractivity contribution in [2.75, 3.05) is 6.54 Å². The Labute approximate surface area is 127 Å². The number of fused-ring (bicyclic) bond motifs is 1.